The first-order valence-corrected chi connectivity index (χ1v) is 6.96. The van der Waals surface area contributed by atoms with Crippen molar-refractivity contribution < 1.29 is 14.3 Å². The zero-order valence-electron chi connectivity index (χ0n) is 11.2. The van der Waals surface area contributed by atoms with Crippen molar-refractivity contribution in [2.75, 3.05) is 6.61 Å². The molecule has 5 heteroatoms. The van der Waals surface area contributed by atoms with Crippen LogP contribution in [0.15, 0.2) is 30.3 Å². The van der Waals surface area contributed by atoms with Crippen LogP contribution in [0.4, 0.5) is 0 Å². The van der Waals surface area contributed by atoms with Crippen molar-refractivity contribution in [2.24, 2.45) is 11.3 Å². The number of ether oxygens (including phenoxy) is 1. The van der Waals surface area contributed by atoms with E-state index in [9.17, 15) is 9.59 Å². The highest BCUT2D eigenvalue weighted by atomic mass is 16.5. The van der Waals surface area contributed by atoms with Crippen molar-refractivity contribution in [3.63, 3.8) is 0 Å². The second-order valence-corrected chi connectivity index (χ2v) is 5.61. The van der Waals surface area contributed by atoms with Crippen molar-refractivity contribution >= 4 is 11.8 Å². The van der Waals surface area contributed by atoms with Crippen LogP contribution in [-0.2, 0) is 9.59 Å². The zero-order valence-corrected chi connectivity index (χ0v) is 11.2. The molecule has 0 unspecified atom stereocenters. The van der Waals surface area contributed by atoms with Crippen molar-refractivity contribution in [2.45, 2.75) is 25.7 Å². The SMILES string of the molecule is O=C(COc1ccccc1)NNC(=O)[C@H]1CC12CCC2. The Labute approximate surface area is 117 Å². The normalized spacial score (nSPS) is 21.7. The molecule has 0 radical (unpaired) electrons. The summed E-state index contributed by atoms with van der Waals surface area (Å²) in [5.74, 6) is 0.291. The highest BCUT2D eigenvalue weighted by Crippen LogP contribution is 2.65. The van der Waals surface area contributed by atoms with Gasteiger partial charge in [0.1, 0.15) is 5.75 Å². The summed E-state index contributed by atoms with van der Waals surface area (Å²) in [6, 6.07) is 9.09. The van der Waals surface area contributed by atoms with Gasteiger partial charge in [0.2, 0.25) is 5.91 Å². The molecule has 1 atom stereocenters. The van der Waals surface area contributed by atoms with Crippen LogP contribution in [0.2, 0.25) is 0 Å². The standard InChI is InChI=1S/C15H18N2O3/c18-13(10-20-11-5-2-1-3-6-11)16-17-14(19)12-9-15(12)7-4-8-15/h1-3,5-6,12H,4,7-10H2,(H,16,18)(H,17,19)/t12-/m1/s1. The van der Waals surface area contributed by atoms with E-state index in [1.165, 1.54) is 6.42 Å². The summed E-state index contributed by atoms with van der Waals surface area (Å²) in [7, 11) is 0. The minimum Gasteiger partial charge on any atom is -0.484 e. The quantitative estimate of drug-likeness (QED) is 0.816. The second-order valence-electron chi connectivity index (χ2n) is 5.61. The summed E-state index contributed by atoms with van der Waals surface area (Å²) in [6.07, 6.45) is 4.49. The Hall–Kier alpha value is -2.04. The van der Waals surface area contributed by atoms with Crippen LogP contribution in [-0.4, -0.2) is 18.4 Å². The molecule has 2 aliphatic carbocycles. The molecule has 0 bridgehead atoms. The summed E-state index contributed by atoms with van der Waals surface area (Å²) in [5, 5.41) is 0. The number of carbonyl (C=O) groups excluding carboxylic acids is 2. The molecule has 0 saturated heterocycles. The predicted octanol–water partition coefficient (Wildman–Crippen LogP) is 1.40. The van der Waals surface area contributed by atoms with Crippen molar-refractivity contribution in [3.05, 3.63) is 30.3 Å². The van der Waals surface area contributed by atoms with E-state index in [-0.39, 0.29) is 29.8 Å². The number of amides is 2. The van der Waals surface area contributed by atoms with Crippen molar-refractivity contribution in [1.29, 1.82) is 0 Å². The molecule has 2 saturated carbocycles. The number of benzene rings is 1. The monoisotopic (exact) mass is 274 g/mol. The Morgan fingerprint density at radius 1 is 1.20 bits per heavy atom. The van der Waals surface area contributed by atoms with Gasteiger partial charge in [0.25, 0.3) is 5.91 Å². The van der Waals surface area contributed by atoms with E-state index in [1.54, 1.807) is 12.1 Å². The van der Waals surface area contributed by atoms with Crippen LogP contribution in [0.1, 0.15) is 25.7 Å². The van der Waals surface area contributed by atoms with E-state index < -0.39 is 0 Å². The first-order chi connectivity index (χ1) is 9.70. The third-order valence-electron chi connectivity index (χ3n) is 4.29. The molecule has 1 aromatic rings. The number of rotatable bonds is 4. The molecular weight excluding hydrogens is 256 g/mol. The van der Waals surface area contributed by atoms with Crippen LogP contribution < -0.4 is 15.6 Å². The van der Waals surface area contributed by atoms with E-state index >= 15 is 0 Å². The lowest BCUT2D eigenvalue weighted by molar-refractivity contribution is -0.131. The maximum absolute atomic E-state index is 11.8. The minimum absolute atomic E-state index is 0.0715. The van der Waals surface area contributed by atoms with Gasteiger partial charge in [-0.1, -0.05) is 24.6 Å². The molecular formula is C15H18N2O3. The van der Waals surface area contributed by atoms with Gasteiger partial charge in [-0.25, -0.2) is 0 Å². The van der Waals surface area contributed by atoms with E-state index in [4.69, 9.17) is 4.74 Å². The maximum Gasteiger partial charge on any atom is 0.276 e. The third-order valence-corrected chi connectivity index (χ3v) is 4.29. The van der Waals surface area contributed by atoms with Gasteiger partial charge in [-0.05, 0) is 36.8 Å². The molecule has 2 N–H and O–H groups in total. The number of para-hydroxylation sites is 1. The Balaban J connectivity index is 1.36. The lowest BCUT2D eigenvalue weighted by Gasteiger charge is -2.26. The molecule has 0 heterocycles. The van der Waals surface area contributed by atoms with Crippen molar-refractivity contribution in [3.8, 4) is 5.75 Å². The van der Waals surface area contributed by atoms with Crippen LogP contribution in [0.3, 0.4) is 0 Å². The molecule has 2 aliphatic rings. The molecule has 3 rings (SSSR count). The minimum atomic E-state index is -0.356. The smallest absolute Gasteiger partial charge is 0.276 e. The van der Waals surface area contributed by atoms with Crippen LogP contribution in [0.25, 0.3) is 0 Å². The third kappa shape index (κ3) is 2.61. The fraction of sp³-hybridized carbons (Fsp3) is 0.467. The Kier molecular flexibility index (Phi) is 3.34. The molecule has 106 valence electrons. The first-order valence-electron chi connectivity index (χ1n) is 6.96. The highest BCUT2D eigenvalue weighted by Gasteiger charge is 2.60. The number of hydrazine groups is 1. The van der Waals surface area contributed by atoms with Crippen LogP contribution >= 0.6 is 0 Å². The lowest BCUT2D eigenvalue weighted by Crippen LogP contribution is -2.45. The number of hydrogen-bond donors (Lipinski definition) is 2. The largest absolute Gasteiger partial charge is 0.484 e. The average molecular weight is 274 g/mol. The molecule has 2 fully saturated rings. The van der Waals surface area contributed by atoms with Gasteiger partial charge < -0.3 is 4.74 Å². The highest BCUT2D eigenvalue weighted by molar-refractivity contribution is 5.86. The maximum atomic E-state index is 11.8. The van der Waals surface area contributed by atoms with Gasteiger partial charge >= 0.3 is 0 Å². The zero-order chi connectivity index (χ0) is 14.0. The topological polar surface area (TPSA) is 67.4 Å². The number of carbonyl (C=O) groups is 2. The molecule has 0 aliphatic heterocycles. The average Bonchev–Trinajstić information content (AvgIpc) is 3.20. The lowest BCUT2D eigenvalue weighted by atomic mass is 9.80. The van der Waals surface area contributed by atoms with Crippen LogP contribution in [0.5, 0.6) is 5.75 Å². The van der Waals surface area contributed by atoms with Crippen LogP contribution in [0, 0.1) is 11.3 Å². The molecule has 1 spiro atoms. The summed E-state index contributed by atoms with van der Waals surface area (Å²) in [4.78, 5) is 23.4. The number of nitrogens with one attached hydrogen (secondary N) is 2. The van der Waals surface area contributed by atoms with E-state index in [2.05, 4.69) is 10.9 Å². The number of hydrogen-bond acceptors (Lipinski definition) is 3. The fourth-order valence-corrected chi connectivity index (χ4v) is 2.82. The summed E-state index contributed by atoms with van der Waals surface area (Å²) >= 11 is 0. The Morgan fingerprint density at radius 3 is 2.55 bits per heavy atom. The summed E-state index contributed by atoms with van der Waals surface area (Å²) in [5.41, 5.74) is 5.16. The molecule has 1 aromatic carbocycles. The first kappa shape index (κ1) is 13.0. The Morgan fingerprint density at radius 2 is 1.95 bits per heavy atom. The predicted molar refractivity (Wildman–Crippen MR) is 72.6 cm³/mol. The fourth-order valence-electron chi connectivity index (χ4n) is 2.82. The van der Waals surface area contributed by atoms with Gasteiger partial charge in [0.05, 0.1) is 0 Å². The van der Waals surface area contributed by atoms with Gasteiger partial charge in [0.15, 0.2) is 6.61 Å². The van der Waals surface area contributed by atoms with E-state index in [1.807, 2.05) is 18.2 Å². The summed E-state index contributed by atoms with van der Waals surface area (Å²) in [6.45, 7) is -0.111. The van der Waals surface area contributed by atoms with Crippen molar-refractivity contribution in [1.82, 2.24) is 10.9 Å². The van der Waals surface area contributed by atoms with Gasteiger partial charge in [-0.3, -0.25) is 20.4 Å². The molecule has 20 heavy (non-hydrogen) atoms. The molecule has 0 aromatic heterocycles. The second kappa shape index (κ2) is 5.15. The molecule has 2 amide bonds. The van der Waals surface area contributed by atoms with Gasteiger partial charge in [-0.15, -0.1) is 0 Å². The van der Waals surface area contributed by atoms with Gasteiger partial charge in [-0.2, -0.15) is 0 Å². The van der Waals surface area contributed by atoms with E-state index in [0.29, 0.717) is 5.75 Å². The van der Waals surface area contributed by atoms with Gasteiger partial charge in [0, 0.05) is 5.92 Å². The Bertz CT molecular complexity index is 511. The van der Waals surface area contributed by atoms with E-state index in [0.717, 1.165) is 19.3 Å². The molecule has 5 nitrogen and oxygen atoms in total. The summed E-state index contributed by atoms with van der Waals surface area (Å²) < 4.78 is 5.29.